The fourth-order valence-corrected chi connectivity index (χ4v) is 2.92. The Morgan fingerprint density at radius 2 is 1.44 bits per heavy atom. The van der Waals surface area contributed by atoms with Gasteiger partial charge < -0.3 is 14.2 Å². The van der Waals surface area contributed by atoms with E-state index in [9.17, 15) is 18.8 Å². The average molecular weight is 440 g/mol. The molecule has 0 heterocycles. The van der Waals surface area contributed by atoms with Gasteiger partial charge in [-0.15, -0.1) is 0 Å². The van der Waals surface area contributed by atoms with E-state index < -0.39 is 29.8 Å². The lowest BCUT2D eigenvalue weighted by atomic mass is 9.96. The number of benzene rings is 2. The van der Waals surface area contributed by atoms with Crippen LogP contribution in [0.1, 0.15) is 49.1 Å². The van der Waals surface area contributed by atoms with Gasteiger partial charge in [-0.3, -0.25) is 4.79 Å². The number of halogens is 1. The summed E-state index contributed by atoms with van der Waals surface area (Å²) in [6.07, 6.45) is 4.53. The Kier molecular flexibility index (Phi) is 9.35. The maximum atomic E-state index is 14.5. The molecule has 0 aliphatic rings. The molecule has 0 N–H and O–H groups in total. The summed E-state index contributed by atoms with van der Waals surface area (Å²) in [6, 6.07) is 11.0. The second kappa shape index (κ2) is 12.2. The van der Waals surface area contributed by atoms with Crippen LogP contribution < -0.4 is 0 Å². The Morgan fingerprint density at radius 1 is 0.906 bits per heavy atom. The molecule has 2 aromatic rings. The smallest absolute Gasteiger partial charge is 0.330 e. The summed E-state index contributed by atoms with van der Waals surface area (Å²) in [4.78, 5) is 35.2. The monoisotopic (exact) mass is 440 g/mol. The lowest BCUT2D eigenvalue weighted by Gasteiger charge is -2.19. The van der Waals surface area contributed by atoms with Gasteiger partial charge in [0.15, 0.2) is 6.10 Å². The summed E-state index contributed by atoms with van der Waals surface area (Å²) in [5.74, 6) is -2.16. The number of ether oxygens (including phenoxy) is 3. The van der Waals surface area contributed by atoms with Gasteiger partial charge in [-0.2, -0.15) is 0 Å². The van der Waals surface area contributed by atoms with Crippen LogP contribution in [0.2, 0.25) is 0 Å². The van der Waals surface area contributed by atoms with Crippen LogP contribution in [0.15, 0.2) is 54.6 Å². The van der Waals surface area contributed by atoms with Gasteiger partial charge in [-0.05, 0) is 67.0 Å². The largest absolute Gasteiger partial charge is 0.463 e. The first-order chi connectivity index (χ1) is 15.3. The molecule has 2 rings (SSSR count). The lowest BCUT2D eigenvalue weighted by molar-refractivity contribution is -0.145. The van der Waals surface area contributed by atoms with Gasteiger partial charge in [0.05, 0.1) is 13.2 Å². The van der Waals surface area contributed by atoms with Crippen LogP contribution in [0.4, 0.5) is 4.39 Å². The zero-order chi connectivity index (χ0) is 23.5. The normalized spacial score (nSPS) is 12.0. The van der Waals surface area contributed by atoms with Crippen molar-refractivity contribution in [3.05, 3.63) is 82.7 Å². The third-order valence-corrected chi connectivity index (χ3v) is 4.17. The predicted octanol–water partition coefficient (Wildman–Crippen LogP) is 4.63. The topological polar surface area (TPSA) is 78.9 Å². The Morgan fingerprint density at radius 3 is 1.91 bits per heavy atom. The molecule has 2 aromatic carbocycles. The highest BCUT2D eigenvalue weighted by Gasteiger charge is 2.21. The van der Waals surface area contributed by atoms with Crippen LogP contribution in [0.3, 0.4) is 0 Å². The fraction of sp³-hybridized carbons (Fsp3) is 0.240. The van der Waals surface area contributed by atoms with Crippen LogP contribution in [-0.4, -0.2) is 31.1 Å². The van der Waals surface area contributed by atoms with E-state index in [1.165, 1.54) is 49.4 Å². The SMILES string of the molecule is CCOC(=O)/C=C/c1cc(/C=C/C(=O)OCC)cc(C(OC(C)=O)c2ccccc2F)c1. The molecule has 0 fully saturated rings. The average Bonchev–Trinajstić information content (AvgIpc) is 2.75. The molecular formula is C25H25FO6. The van der Waals surface area contributed by atoms with Gasteiger partial charge >= 0.3 is 17.9 Å². The number of hydrogen-bond donors (Lipinski definition) is 0. The molecule has 0 aliphatic carbocycles. The maximum absolute atomic E-state index is 14.5. The molecule has 0 saturated heterocycles. The molecule has 0 spiro atoms. The van der Waals surface area contributed by atoms with Gasteiger partial charge in [-0.1, -0.05) is 18.2 Å². The molecule has 0 bridgehead atoms. The Balaban J connectivity index is 2.56. The first kappa shape index (κ1) is 24.5. The van der Waals surface area contributed by atoms with Gasteiger partial charge in [0.1, 0.15) is 5.82 Å². The van der Waals surface area contributed by atoms with E-state index >= 15 is 0 Å². The molecule has 0 radical (unpaired) electrons. The van der Waals surface area contributed by atoms with E-state index in [1.807, 2.05) is 0 Å². The van der Waals surface area contributed by atoms with Crippen molar-refractivity contribution in [3.8, 4) is 0 Å². The van der Waals surface area contributed by atoms with Gasteiger partial charge in [0, 0.05) is 24.6 Å². The number of hydrogen-bond acceptors (Lipinski definition) is 6. The fourth-order valence-electron chi connectivity index (χ4n) is 2.92. The standard InChI is InChI=1S/C25H25FO6/c1-4-30-23(28)12-10-18-14-19(11-13-24(29)31-5-2)16-20(15-18)25(32-17(3)27)21-8-6-7-9-22(21)26/h6-16,25H,4-5H2,1-3H3/b12-10+,13-11+. The Hall–Kier alpha value is -3.74. The van der Waals surface area contributed by atoms with Gasteiger partial charge in [0.25, 0.3) is 0 Å². The molecule has 1 unspecified atom stereocenters. The van der Waals surface area contributed by atoms with Crippen LogP contribution in [0.5, 0.6) is 0 Å². The Labute approximate surface area is 186 Å². The van der Waals surface area contributed by atoms with Crippen LogP contribution >= 0.6 is 0 Å². The number of esters is 3. The van der Waals surface area contributed by atoms with Crippen molar-refractivity contribution in [3.63, 3.8) is 0 Å². The highest BCUT2D eigenvalue weighted by Crippen LogP contribution is 2.30. The third-order valence-electron chi connectivity index (χ3n) is 4.17. The van der Waals surface area contributed by atoms with Crippen molar-refractivity contribution >= 4 is 30.1 Å². The molecular weight excluding hydrogens is 415 g/mol. The third kappa shape index (κ3) is 7.50. The molecule has 7 heteroatoms. The number of carbonyl (C=O) groups excluding carboxylic acids is 3. The highest BCUT2D eigenvalue weighted by atomic mass is 19.1. The number of rotatable bonds is 9. The minimum atomic E-state index is -1.03. The van der Waals surface area contributed by atoms with E-state index in [0.29, 0.717) is 16.7 Å². The molecule has 168 valence electrons. The molecule has 0 amide bonds. The Bertz CT molecular complexity index is 979. The molecule has 1 atom stereocenters. The zero-order valence-corrected chi connectivity index (χ0v) is 18.2. The summed E-state index contributed by atoms with van der Waals surface area (Å²) >= 11 is 0. The minimum Gasteiger partial charge on any atom is -0.463 e. The summed E-state index contributed by atoms with van der Waals surface area (Å²) < 4.78 is 29.7. The van der Waals surface area contributed by atoms with E-state index in [1.54, 1.807) is 38.1 Å². The van der Waals surface area contributed by atoms with E-state index in [-0.39, 0.29) is 18.8 Å². The molecule has 0 saturated carbocycles. The van der Waals surface area contributed by atoms with Crippen LogP contribution in [0, 0.1) is 5.82 Å². The first-order valence-corrected chi connectivity index (χ1v) is 10.1. The van der Waals surface area contributed by atoms with E-state index in [0.717, 1.165) is 0 Å². The highest BCUT2D eigenvalue weighted by molar-refractivity contribution is 5.88. The second-order valence-corrected chi connectivity index (χ2v) is 6.61. The van der Waals surface area contributed by atoms with Crippen molar-refractivity contribution in [2.45, 2.75) is 26.9 Å². The van der Waals surface area contributed by atoms with E-state index in [2.05, 4.69) is 0 Å². The molecule has 32 heavy (non-hydrogen) atoms. The van der Waals surface area contributed by atoms with Crippen molar-refractivity contribution < 1.29 is 33.0 Å². The molecule has 0 aromatic heterocycles. The number of carbonyl (C=O) groups is 3. The van der Waals surface area contributed by atoms with Crippen molar-refractivity contribution in [2.75, 3.05) is 13.2 Å². The van der Waals surface area contributed by atoms with E-state index in [4.69, 9.17) is 14.2 Å². The zero-order valence-electron chi connectivity index (χ0n) is 18.2. The van der Waals surface area contributed by atoms with Gasteiger partial charge in [-0.25, -0.2) is 14.0 Å². The summed E-state index contributed by atoms with van der Waals surface area (Å²) in [6.45, 7) is 5.10. The summed E-state index contributed by atoms with van der Waals surface area (Å²) in [5, 5.41) is 0. The van der Waals surface area contributed by atoms with Crippen LogP contribution in [0.25, 0.3) is 12.2 Å². The van der Waals surface area contributed by atoms with Crippen molar-refractivity contribution in [1.82, 2.24) is 0 Å². The van der Waals surface area contributed by atoms with Crippen molar-refractivity contribution in [2.24, 2.45) is 0 Å². The summed E-state index contributed by atoms with van der Waals surface area (Å²) in [5.41, 5.74) is 1.76. The van der Waals surface area contributed by atoms with Crippen LogP contribution in [-0.2, 0) is 28.6 Å². The maximum Gasteiger partial charge on any atom is 0.330 e. The minimum absolute atomic E-state index is 0.176. The predicted molar refractivity (Wildman–Crippen MR) is 118 cm³/mol. The molecule has 6 nitrogen and oxygen atoms in total. The lowest BCUT2D eigenvalue weighted by Crippen LogP contribution is -2.12. The second-order valence-electron chi connectivity index (χ2n) is 6.61. The van der Waals surface area contributed by atoms with Gasteiger partial charge in [0.2, 0.25) is 0 Å². The first-order valence-electron chi connectivity index (χ1n) is 10.1. The molecule has 0 aliphatic heterocycles. The quantitative estimate of drug-likeness (QED) is 0.321. The van der Waals surface area contributed by atoms with Crippen molar-refractivity contribution in [1.29, 1.82) is 0 Å². The summed E-state index contributed by atoms with van der Waals surface area (Å²) in [7, 11) is 0.